The van der Waals surface area contributed by atoms with Gasteiger partial charge in [-0.3, -0.25) is 0 Å². The SMILES string of the molecule is C[C@H](C[C@@H](O)c1cccs1)NC(=O)Nc1cccc(F)c1. The zero-order valence-corrected chi connectivity index (χ0v) is 12.4. The summed E-state index contributed by atoms with van der Waals surface area (Å²) >= 11 is 1.48. The maximum Gasteiger partial charge on any atom is 0.319 e. The molecular weight excluding hydrogens is 291 g/mol. The molecule has 0 spiro atoms. The molecule has 2 rings (SSSR count). The van der Waals surface area contributed by atoms with E-state index in [9.17, 15) is 14.3 Å². The second-order valence-corrected chi connectivity index (χ2v) is 5.76. The summed E-state index contributed by atoms with van der Waals surface area (Å²) < 4.78 is 13.0. The monoisotopic (exact) mass is 308 g/mol. The predicted molar refractivity (Wildman–Crippen MR) is 81.9 cm³/mol. The van der Waals surface area contributed by atoms with Gasteiger partial charge in [-0.05, 0) is 43.0 Å². The minimum atomic E-state index is -0.602. The van der Waals surface area contributed by atoms with Crippen molar-refractivity contribution >= 4 is 23.1 Å². The molecular formula is C15H17FN2O2S. The van der Waals surface area contributed by atoms with Gasteiger partial charge in [-0.1, -0.05) is 12.1 Å². The molecule has 21 heavy (non-hydrogen) atoms. The second-order valence-electron chi connectivity index (χ2n) is 4.78. The van der Waals surface area contributed by atoms with E-state index in [0.717, 1.165) is 4.88 Å². The van der Waals surface area contributed by atoms with Gasteiger partial charge < -0.3 is 15.7 Å². The standard InChI is InChI=1S/C15H17FN2O2S/c1-10(8-13(19)14-6-3-7-21-14)17-15(20)18-12-5-2-4-11(16)9-12/h2-7,9-10,13,19H,8H2,1H3,(H2,17,18,20)/t10-,13-/m1/s1. The van der Waals surface area contributed by atoms with Crippen molar-refractivity contribution in [3.05, 3.63) is 52.5 Å². The van der Waals surface area contributed by atoms with Crippen LogP contribution in [0.2, 0.25) is 0 Å². The van der Waals surface area contributed by atoms with Crippen molar-refractivity contribution in [2.45, 2.75) is 25.5 Å². The smallest absolute Gasteiger partial charge is 0.319 e. The number of urea groups is 1. The summed E-state index contributed by atoms with van der Waals surface area (Å²) in [7, 11) is 0. The predicted octanol–water partition coefficient (Wildman–Crippen LogP) is 3.52. The van der Waals surface area contributed by atoms with Gasteiger partial charge in [-0.15, -0.1) is 11.3 Å². The van der Waals surface area contributed by atoms with Gasteiger partial charge in [-0.25, -0.2) is 9.18 Å². The first-order chi connectivity index (χ1) is 10.0. The summed E-state index contributed by atoms with van der Waals surface area (Å²) in [4.78, 5) is 12.6. The molecule has 2 aromatic rings. The lowest BCUT2D eigenvalue weighted by molar-refractivity contribution is 0.158. The highest BCUT2D eigenvalue weighted by Gasteiger charge is 2.15. The summed E-state index contributed by atoms with van der Waals surface area (Å²) in [6, 6.07) is 8.77. The number of hydrogen-bond acceptors (Lipinski definition) is 3. The molecule has 0 aliphatic rings. The molecule has 0 unspecified atom stereocenters. The van der Waals surface area contributed by atoms with Gasteiger partial charge in [0.2, 0.25) is 0 Å². The highest BCUT2D eigenvalue weighted by Crippen LogP contribution is 2.22. The first-order valence-electron chi connectivity index (χ1n) is 6.59. The largest absolute Gasteiger partial charge is 0.387 e. The first-order valence-corrected chi connectivity index (χ1v) is 7.47. The summed E-state index contributed by atoms with van der Waals surface area (Å²) in [5.41, 5.74) is 0.388. The third kappa shape index (κ3) is 4.84. The van der Waals surface area contributed by atoms with Crippen molar-refractivity contribution in [1.82, 2.24) is 5.32 Å². The Morgan fingerprint density at radius 2 is 2.19 bits per heavy atom. The van der Waals surface area contributed by atoms with Crippen LogP contribution in [0.1, 0.15) is 24.3 Å². The number of benzene rings is 1. The van der Waals surface area contributed by atoms with Gasteiger partial charge in [0.05, 0.1) is 6.10 Å². The maximum absolute atomic E-state index is 13.0. The van der Waals surface area contributed by atoms with Crippen molar-refractivity contribution in [3.63, 3.8) is 0 Å². The summed E-state index contributed by atoms with van der Waals surface area (Å²) in [5.74, 6) is -0.408. The highest BCUT2D eigenvalue weighted by atomic mass is 32.1. The van der Waals surface area contributed by atoms with E-state index < -0.39 is 18.0 Å². The molecule has 0 bridgehead atoms. The quantitative estimate of drug-likeness (QED) is 0.791. The zero-order valence-electron chi connectivity index (χ0n) is 11.5. The van der Waals surface area contributed by atoms with Crippen LogP contribution >= 0.6 is 11.3 Å². The third-order valence-corrected chi connectivity index (χ3v) is 3.88. The molecule has 2 amide bonds. The number of nitrogens with one attached hydrogen (secondary N) is 2. The second kappa shape index (κ2) is 7.19. The van der Waals surface area contributed by atoms with E-state index in [2.05, 4.69) is 10.6 Å². The van der Waals surface area contributed by atoms with Crippen molar-refractivity contribution in [2.75, 3.05) is 5.32 Å². The Bertz CT molecular complexity index is 589. The Morgan fingerprint density at radius 1 is 1.38 bits per heavy atom. The van der Waals surface area contributed by atoms with Crippen molar-refractivity contribution in [1.29, 1.82) is 0 Å². The number of hydrogen-bond donors (Lipinski definition) is 3. The highest BCUT2D eigenvalue weighted by molar-refractivity contribution is 7.10. The number of halogens is 1. The number of aliphatic hydroxyl groups is 1. The number of rotatable bonds is 5. The summed E-state index contributed by atoms with van der Waals surface area (Å²) in [6.07, 6.45) is -0.189. The van der Waals surface area contributed by atoms with Crippen LogP contribution in [-0.2, 0) is 0 Å². The van der Waals surface area contributed by atoms with Gasteiger partial charge in [0, 0.05) is 16.6 Å². The molecule has 4 nitrogen and oxygen atoms in total. The van der Waals surface area contributed by atoms with Crippen molar-refractivity contribution in [2.24, 2.45) is 0 Å². The molecule has 2 atom stereocenters. The number of carbonyl (C=O) groups excluding carboxylic acids is 1. The molecule has 112 valence electrons. The van der Waals surface area contributed by atoms with Crippen LogP contribution in [0.4, 0.5) is 14.9 Å². The fraction of sp³-hybridized carbons (Fsp3) is 0.267. The number of thiophene rings is 1. The van der Waals surface area contributed by atoms with Crippen LogP contribution in [0.3, 0.4) is 0 Å². The van der Waals surface area contributed by atoms with Crippen LogP contribution in [0, 0.1) is 5.82 Å². The van der Waals surface area contributed by atoms with E-state index in [0.29, 0.717) is 12.1 Å². The fourth-order valence-electron chi connectivity index (χ4n) is 1.95. The minimum Gasteiger partial charge on any atom is -0.387 e. The zero-order chi connectivity index (χ0) is 15.2. The van der Waals surface area contributed by atoms with Gasteiger partial charge in [0.25, 0.3) is 0 Å². The number of amides is 2. The van der Waals surface area contributed by atoms with Crippen molar-refractivity contribution < 1.29 is 14.3 Å². The maximum atomic E-state index is 13.0. The Labute approximate surface area is 126 Å². The number of aliphatic hydroxyl groups excluding tert-OH is 1. The average Bonchev–Trinajstić information content (AvgIpc) is 2.91. The Morgan fingerprint density at radius 3 is 2.86 bits per heavy atom. The first kappa shape index (κ1) is 15.5. The van der Waals surface area contributed by atoms with Crippen LogP contribution in [0.5, 0.6) is 0 Å². The number of anilines is 1. The summed E-state index contributed by atoms with van der Waals surface area (Å²) in [6.45, 7) is 1.81. The van der Waals surface area contributed by atoms with Gasteiger partial charge >= 0.3 is 6.03 Å². The Kier molecular flexibility index (Phi) is 5.30. The molecule has 0 aliphatic carbocycles. The minimum absolute atomic E-state index is 0.212. The van der Waals surface area contributed by atoms with Crippen molar-refractivity contribution in [3.8, 4) is 0 Å². The molecule has 1 aromatic carbocycles. The van der Waals surface area contributed by atoms with E-state index in [1.54, 1.807) is 6.07 Å². The van der Waals surface area contributed by atoms with Gasteiger partial charge in [0.15, 0.2) is 0 Å². The third-order valence-electron chi connectivity index (χ3n) is 2.91. The van der Waals surface area contributed by atoms with E-state index in [-0.39, 0.29) is 6.04 Å². The van der Waals surface area contributed by atoms with Crippen LogP contribution in [-0.4, -0.2) is 17.2 Å². The van der Waals surface area contributed by atoms with E-state index in [1.807, 2.05) is 24.4 Å². The lowest BCUT2D eigenvalue weighted by Crippen LogP contribution is -2.36. The topological polar surface area (TPSA) is 61.4 Å². The molecule has 0 saturated carbocycles. The van der Waals surface area contributed by atoms with E-state index in [1.165, 1.54) is 29.5 Å². The van der Waals surface area contributed by atoms with E-state index >= 15 is 0 Å². The van der Waals surface area contributed by atoms with Crippen LogP contribution in [0.25, 0.3) is 0 Å². The molecule has 1 heterocycles. The molecule has 0 radical (unpaired) electrons. The molecule has 3 N–H and O–H groups in total. The van der Waals surface area contributed by atoms with Crippen LogP contribution < -0.4 is 10.6 Å². The molecule has 0 saturated heterocycles. The van der Waals surface area contributed by atoms with Gasteiger partial charge in [-0.2, -0.15) is 0 Å². The molecule has 1 aromatic heterocycles. The van der Waals surface area contributed by atoms with Crippen LogP contribution in [0.15, 0.2) is 41.8 Å². The molecule has 6 heteroatoms. The lowest BCUT2D eigenvalue weighted by Gasteiger charge is -2.17. The molecule has 0 aliphatic heterocycles. The average molecular weight is 308 g/mol. The summed E-state index contributed by atoms with van der Waals surface area (Å²) in [5, 5.41) is 17.2. The fourth-order valence-corrected chi connectivity index (χ4v) is 2.67. The normalized spacial score (nSPS) is 13.5. The Hall–Kier alpha value is -1.92. The van der Waals surface area contributed by atoms with Gasteiger partial charge in [0.1, 0.15) is 5.82 Å². The molecule has 0 fully saturated rings. The number of carbonyl (C=O) groups is 1. The Balaban J connectivity index is 1.82. The van der Waals surface area contributed by atoms with E-state index in [4.69, 9.17) is 0 Å². The lowest BCUT2D eigenvalue weighted by atomic mass is 10.1.